The maximum atomic E-state index is 2.39. The maximum Gasteiger partial charge on any atom is 0.0547 e. The van der Waals surface area contributed by atoms with Gasteiger partial charge in [-0.2, -0.15) is 0 Å². The standard InChI is InChI=1S/C31H23N/c1-22-12-14-24(15-13-22)26-16-18-28-29-20-25(23-8-4-2-5-9-23)17-19-30(29)32(31(28)21-26)27-10-6-3-7-11-27/h2-21H,1H3. The van der Waals surface area contributed by atoms with Gasteiger partial charge < -0.3 is 4.57 Å². The van der Waals surface area contributed by atoms with Crippen LogP contribution in [0.3, 0.4) is 0 Å². The van der Waals surface area contributed by atoms with Crippen molar-refractivity contribution in [3.63, 3.8) is 0 Å². The van der Waals surface area contributed by atoms with Gasteiger partial charge in [-0.3, -0.25) is 0 Å². The van der Waals surface area contributed by atoms with E-state index < -0.39 is 0 Å². The van der Waals surface area contributed by atoms with Gasteiger partial charge in [0.15, 0.2) is 0 Å². The van der Waals surface area contributed by atoms with Crippen LogP contribution in [0.4, 0.5) is 0 Å². The van der Waals surface area contributed by atoms with E-state index in [1.807, 2.05) is 0 Å². The van der Waals surface area contributed by atoms with E-state index in [0.29, 0.717) is 0 Å². The Kier molecular flexibility index (Phi) is 4.40. The maximum absolute atomic E-state index is 2.39. The van der Waals surface area contributed by atoms with Crippen molar-refractivity contribution < 1.29 is 0 Å². The number of nitrogens with zero attached hydrogens (tertiary/aromatic N) is 1. The van der Waals surface area contributed by atoms with Crippen molar-refractivity contribution in [2.45, 2.75) is 6.92 Å². The van der Waals surface area contributed by atoms with Gasteiger partial charge in [-0.05, 0) is 59.5 Å². The Labute approximate surface area is 188 Å². The van der Waals surface area contributed by atoms with Gasteiger partial charge in [0.2, 0.25) is 0 Å². The lowest BCUT2D eigenvalue weighted by Gasteiger charge is -2.09. The first kappa shape index (κ1) is 18.7. The molecule has 1 heterocycles. The lowest BCUT2D eigenvalue weighted by molar-refractivity contribution is 1.18. The number of rotatable bonds is 3. The summed E-state index contributed by atoms with van der Waals surface area (Å²) >= 11 is 0. The first-order valence-electron chi connectivity index (χ1n) is 11.0. The van der Waals surface area contributed by atoms with E-state index in [2.05, 4.69) is 133 Å². The molecule has 0 aliphatic rings. The number of benzene rings is 5. The molecule has 1 aromatic heterocycles. The second-order valence-electron chi connectivity index (χ2n) is 8.37. The minimum Gasteiger partial charge on any atom is -0.309 e. The molecule has 0 bridgehead atoms. The van der Waals surface area contributed by atoms with Gasteiger partial charge in [-0.25, -0.2) is 0 Å². The van der Waals surface area contributed by atoms with Crippen LogP contribution in [0.15, 0.2) is 121 Å². The molecular weight excluding hydrogens is 386 g/mol. The molecular formula is C31H23N. The highest BCUT2D eigenvalue weighted by Crippen LogP contribution is 2.36. The molecule has 1 heteroatoms. The van der Waals surface area contributed by atoms with Gasteiger partial charge in [-0.15, -0.1) is 0 Å². The molecule has 0 radical (unpaired) electrons. The van der Waals surface area contributed by atoms with Crippen molar-refractivity contribution in [3.05, 3.63) is 127 Å². The summed E-state index contributed by atoms with van der Waals surface area (Å²) in [5.74, 6) is 0. The SMILES string of the molecule is Cc1ccc(-c2ccc3c4cc(-c5ccccc5)ccc4n(-c4ccccc4)c3c2)cc1. The Morgan fingerprint density at radius 3 is 1.78 bits per heavy atom. The minimum atomic E-state index is 1.18. The highest BCUT2D eigenvalue weighted by molar-refractivity contribution is 6.11. The Hall–Kier alpha value is -4.10. The van der Waals surface area contributed by atoms with Crippen molar-refractivity contribution in [2.75, 3.05) is 0 Å². The van der Waals surface area contributed by atoms with Crippen LogP contribution in [-0.4, -0.2) is 4.57 Å². The smallest absolute Gasteiger partial charge is 0.0547 e. The molecule has 0 saturated carbocycles. The van der Waals surface area contributed by atoms with Crippen LogP contribution >= 0.6 is 0 Å². The highest BCUT2D eigenvalue weighted by atomic mass is 15.0. The molecule has 0 aliphatic heterocycles. The molecule has 32 heavy (non-hydrogen) atoms. The Morgan fingerprint density at radius 1 is 0.438 bits per heavy atom. The van der Waals surface area contributed by atoms with Gasteiger partial charge in [0.05, 0.1) is 11.0 Å². The Bertz CT molecular complexity index is 1540. The molecule has 0 spiro atoms. The number of fused-ring (bicyclic) bond motifs is 3. The minimum absolute atomic E-state index is 1.18. The fraction of sp³-hybridized carbons (Fsp3) is 0.0323. The summed E-state index contributed by atoms with van der Waals surface area (Å²) in [7, 11) is 0. The van der Waals surface area contributed by atoms with E-state index in [-0.39, 0.29) is 0 Å². The zero-order chi connectivity index (χ0) is 21.5. The number of aryl methyl sites for hydroxylation is 1. The van der Waals surface area contributed by atoms with Crippen LogP contribution < -0.4 is 0 Å². The zero-order valence-electron chi connectivity index (χ0n) is 18.0. The summed E-state index contributed by atoms with van der Waals surface area (Å²) < 4.78 is 2.39. The topological polar surface area (TPSA) is 4.93 Å². The third kappa shape index (κ3) is 3.11. The molecule has 6 rings (SSSR count). The van der Waals surface area contributed by atoms with Gasteiger partial charge in [0, 0.05) is 16.5 Å². The third-order valence-electron chi connectivity index (χ3n) is 6.27. The van der Waals surface area contributed by atoms with Crippen molar-refractivity contribution in [3.8, 4) is 27.9 Å². The summed E-state index contributed by atoms with van der Waals surface area (Å²) in [6.07, 6.45) is 0. The van der Waals surface area contributed by atoms with E-state index in [1.165, 1.54) is 55.3 Å². The average molecular weight is 410 g/mol. The Morgan fingerprint density at radius 2 is 1.03 bits per heavy atom. The fourth-order valence-electron chi connectivity index (χ4n) is 4.61. The number of para-hydroxylation sites is 1. The molecule has 0 atom stereocenters. The van der Waals surface area contributed by atoms with Gasteiger partial charge in [-0.1, -0.05) is 96.6 Å². The van der Waals surface area contributed by atoms with Crippen molar-refractivity contribution >= 4 is 21.8 Å². The number of hydrogen-bond donors (Lipinski definition) is 0. The highest BCUT2D eigenvalue weighted by Gasteiger charge is 2.14. The molecule has 0 unspecified atom stereocenters. The Balaban J connectivity index is 1.65. The normalized spacial score (nSPS) is 11.3. The molecule has 6 aromatic rings. The predicted octanol–water partition coefficient (Wildman–Crippen LogP) is 8.43. The van der Waals surface area contributed by atoms with E-state index in [4.69, 9.17) is 0 Å². The first-order chi connectivity index (χ1) is 15.8. The van der Waals surface area contributed by atoms with Crippen LogP contribution in [0, 0.1) is 6.92 Å². The van der Waals surface area contributed by atoms with Gasteiger partial charge >= 0.3 is 0 Å². The second-order valence-corrected chi connectivity index (χ2v) is 8.37. The summed E-state index contributed by atoms with van der Waals surface area (Å²) in [4.78, 5) is 0. The molecule has 1 nitrogen and oxygen atoms in total. The lowest BCUT2D eigenvalue weighted by Crippen LogP contribution is -1.93. The summed E-state index contributed by atoms with van der Waals surface area (Å²) in [6, 6.07) is 43.7. The van der Waals surface area contributed by atoms with Crippen LogP contribution in [0.25, 0.3) is 49.7 Å². The predicted molar refractivity (Wildman–Crippen MR) is 136 cm³/mol. The first-order valence-corrected chi connectivity index (χ1v) is 11.0. The van der Waals surface area contributed by atoms with E-state index in [1.54, 1.807) is 0 Å². The molecule has 0 saturated heterocycles. The van der Waals surface area contributed by atoms with Gasteiger partial charge in [0.1, 0.15) is 0 Å². The van der Waals surface area contributed by atoms with Crippen LogP contribution in [0.2, 0.25) is 0 Å². The summed E-state index contributed by atoms with van der Waals surface area (Å²) in [6.45, 7) is 2.13. The molecule has 0 N–H and O–H groups in total. The summed E-state index contributed by atoms with van der Waals surface area (Å²) in [5, 5.41) is 2.55. The van der Waals surface area contributed by atoms with E-state index in [9.17, 15) is 0 Å². The van der Waals surface area contributed by atoms with Crippen molar-refractivity contribution in [1.29, 1.82) is 0 Å². The zero-order valence-corrected chi connectivity index (χ0v) is 18.0. The average Bonchev–Trinajstić information content (AvgIpc) is 3.18. The number of hydrogen-bond acceptors (Lipinski definition) is 0. The van der Waals surface area contributed by atoms with Crippen molar-refractivity contribution in [1.82, 2.24) is 4.57 Å². The van der Waals surface area contributed by atoms with Crippen LogP contribution in [-0.2, 0) is 0 Å². The molecule has 0 amide bonds. The molecule has 152 valence electrons. The molecule has 5 aromatic carbocycles. The lowest BCUT2D eigenvalue weighted by atomic mass is 10.0. The van der Waals surface area contributed by atoms with Crippen molar-refractivity contribution in [2.24, 2.45) is 0 Å². The molecule has 0 aliphatic carbocycles. The second kappa shape index (κ2) is 7.55. The van der Waals surface area contributed by atoms with Crippen LogP contribution in [0.1, 0.15) is 5.56 Å². The quantitative estimate of drug-likeness (QED) is 0.276. The monoisotopic (exact) mass is 409 g/mol. The largest absolute Gasteiger partial charge is 0.309 e. The van der Waals surface area contributed by atoms with Crippen LogP contribution in [0.5, 0.6) is 0 Å². The summed E-state index contributed by atoms with van der Waals surface area (Å²) in [5.41, 5.74) is 9.89. The fourth-order valence-corrected chi connectivity index (χ4v) is 4.61. The van der Waals surface area contributed by atoms with E-state index >= 15 is 0 Å². The molecule has 0 fully saturated rings. The van der Waals surface area contributed by atoms with Gasteiger partial charge in [0.25, 0.3) is 0 Å². The number of aromatic nitrogens is 1. The van der Waals surface area contributed by atoms with E-state index in [0.717, 1.165) is 0 Å². The third-order valence-corrected chi connectivity index (χ3v) is 6.27.